The van der Waals surface area contributed by atoms with Crippen molar-refractivity contribution in [3.63, 3.8) is 0 Å². The Morgan fingerprint density at radius 2 is 0.591 bits per heavy atom. The van der Waals surface area contributed by atoms with E-state index in [1.54, 1.807) is 24.9 Å². The fraction of sp³-hybridized carbons (Fsp3) is 0.222. The maximum atomic E-state index is 11.0. The molecular formula is C36H36N4O4. The van der Waals surface area contributed by atoms with Crippen LogP contribution in [-0.4, -0.2) is 45.3 Å². The predicted molar refractivity (Wildman–Crippen MR) is 177 cm³/mol. The maximum Gasteiger partial charge on any atom is 0.133 e. The zero-order valence-electron chi connectivity index (χ0n) is 25.3. The van der Waals surface area contributed by atoms with Gasteiger partial charge in [0, 0.05) is 69.4 Å². The highest BCUT2D eigenvalue weighted by Crippen LogP contribution is 2.29. The van der Waals surface area contributed by atoms with Crippen molar-refractivity contribution in [1.82, 2.24) is 0 Å². The summed E-state index contributed by atoms with van der Waals surface area (Å²) in [6, 6.07) is 14.8. The molecule has 0 unspecified atom stereocenters. The highest BCUT2D eigenvalue weighted by Gasteiger charge is 2.12. The summed E-state index contributed by atoms with van der Waals surface area (Å²) in [4.78, 5) is 18.1. The Morgan fingerprint density at radius 1 is 0.364 bits per heavy atom. The molecule has 0 aromatic heterocycles. The molecule has 0 radical (unpaired) electrons. The van der Waals surface area contributed by atoms with Crippen molar-refractivity contribution in [2.75, 3.05) is 0 Å². The topological polar surface area (TPSA) is 130 Å². The highest BCUT2D eigenvalue weighted by atomic mass is 16.3. The van der Waals surface area contributed by atoms with Crippen LogP contribution in [0.4, 0.5) is 0 Å². The lowest BCUT2D eigenvalue weighted by Crippen LogP contribution is -1.96. The van der Waals surface area contributed by atoms with Crippen molar-refractivity contribution in [3.05, 3.63) is 115 Å². The highest BCUT2D eigenvalue weighted by molar-refractivity contribution is 5.93. The van der Waals surface area contributed by atoms with Gasteiger partial charge in [-0.1, -0.05) is 35.4 Å². The third-order valence-electron chi connectivity index (χ3n) is 7.42. The second kappa shape index (κ2) is 13.0. The zero-order chi connectivity index (χ0) is 31.4. The molecular weight excluding hydrogens is 552 g/mol. The van der Waals surface area contributed by atoms with Crippen LogP contribution in [0.5, 0.6) is 23.0 Å². The third kappa shape index (κ3) is 6.86. The number of aryl methyl sites for hydroxylation is 4. The molecule has 224 valence electrons. The van der Waals surface area contributed by atoms with Gasteiger partial charge in [-0.3, -0.25) is 20.0 Å². The Labute approximate surface area is 257 Å². The zero-order valence-corrected chi connectivity index (χ0v) is 25.3. The summed E-state index contributed by atoms with van der Waals surface area (Å²) in [5, 5.41) is 44.0. The molecule has 0 amide bonds. The van der Waals surface area contributed by atoms with Crippen LogP contribution in [0.15, 0.2) is 68.5 Å². The minimum atomic E-state index is 0.0474. The van der Waals surface area contributed by atoms with Crippen molar-refractivity contribution in [2.24, 2.45) is 20.0 Å². The van der Waals surface area contributed by atoms with E-state index in [1.165, 1.54) is 0 Å². The van der Waals surface area contributed by atoms with Crippen LogP contribution in [0.2, 0.25) is 0 Å². The average Bonchev–Trinajstić information content (AvgIpc) is 2.97. The Hall–Kier alpha value is -5.24. The van der Waals surface area contributed by atoms with E-state index >= 15 is 0 Å². The standard InChI is InChI=1S/C36H36N4O4/c1-21-5-25-13-37-15-27-7-22(2)9-29(34(27)42)17-39-19-31-11-24(4)12-32(36(31)44)20-40-18-30-10-23(3)8-28(35(30)43)16-38-14-26(6-21)33(25)41/h5-14,19-20,41-44H,15-18H2,1-4H3. The Kier molecular flexibility index (Phi) is 8.90. The SMILES string of the molecule is Cc1cc2c(O)c(c1)C=NCc1cc(C)cc(c1O)CN=Cc1cc(C)cc(c1O)C=NCc1cc(C)cc(c1O)CN=C2. The number of hydrogen-bond donors (Lipinski definition) is 4. The van der Waals surface area contributed by atoms with Crippen LogP contribution in [-0.2, 0) is 26.2 Å². The van der Waals surface area contributed by atoms with Gasteiger partial charge in [-0.2, -0.15) is 0 Å². The van der Waals surface area contributed by atoms with Gasteiger partial charge in [0.2, 0.25) is 0 Å². The van der Waals surface area contributed by atoms with Gasteiger partial charge >= 0.3 is 0 Å². The quantitative estimate of drug-likeness (QED) is 0.186. The molecule has 8 heteroatoms. The number of aliphatic imine (C=N–C) groups is 4. The summed E-state index contributed by atoms with van der Waals surface area (Å²) in [6.07, 6.45) is 6.37. The third-order valence-corrected chi connectivity index (χ3v) is 7.42. The molecule has 8 nitrogen and oxygen atoms in total. The summed E-state index contributed by atoms with van der Waals surface area (Å²) < 4.78 is 0. The van der Waals surface area contributed by atoms with E-state index in [2.05, 4.69) is 20.0 Å². The van der Waals surface area contributed by atoms with Crippen molar-refractivity contribution < 1.29 is 20.4 Å². The average molecular weight is 589 g/mol. The summed E-state index contributed by atoms with van der Waals surface area (Å²) in [5.41, 5.74) is 8.48. The second-order valence-corrected chi connectivity index (χ2v) is 11.3. The van der Waals surface area contributed by atoms with E-state index < -0.39 is 0 Å². The minimum Gasteiger partial charge on any atom is -0.507 e. The summed E-state index contributed by atoms with van der Waals surface area (Å²) in [7, 11) is 0. The molecule has 1 heterocycles. The first-order chi connectivity index (χ1) is 21.1. The van der Waals surface area contributed by atoms with Crippen LogP contribution in [0.3, 0.4) is 0 Å². The van der Waals surface area contributed by atoms with Gasteiger partial charge in [-0.15, -0.1) is 0 Å². The van der Waals surface area contributed by atoms with Gasteiger partial charge in [0.05, 0.1) is 26.2 Å². The first kappa shape index (κ1) is 30.2. The number of fused-ring (bicyclic) bond motifs is 8. The van der Waals surface area contributed by atoms with Crippen LogP contribution in [0.25, 0.3) is 0 Å². The smallest absolute Gasteiger partial charge is 0.133 e. The fourth-order valence-corrected chi connectivity index (χ4v) is 5.38. The molecule has 0 spiro atoms. The Bertz CT molecular complexity index is 1600. The molecule has 0 saturated carbocycles. The van der Waals surface area contributed by atoms with Crippen LogP contribution in [0, 0.1) is 27.7 Å². The first-order valence-corrected chi connectivity index (χ1v) is 14.4. The lowest BCUT2D eigenvalue weighted by atomic mass is 10.0. The van der Waals surface area contributed by atoms with E-state index in [1.807, 2.05) is 76.2 Å². The number of aromatic hydroxyl groups is 4. The molecule has 4 aromatic carbocycles. The maximum absolute atomic E-state index is 11.0. The lowest BCUT2D eigenvalue weighted by molar-refractivity contribution is 0.461. The van der Waals surface area contributed by atoms with Crippen LogP contribution in [0.1, 0.15) is 66.8 Å². The van der Waals surface area contributed by atoms with E-state index in [0.29, 0.717) is 44.5 Å². The molecule has 1 aliphatic rings. The van der Waals surface area contributed by atoms with Crippen LogP contribution >= 0.6 is 0 Å². The van der Waals surface area contributed by atoms with Crippen molar-refractivity contribution in [1.29, 1.82) is 0 Å². The molecule has 4 aromatic rings. The largest absolute Gasteiger partial charge is 0.507 e. The van der Waals surface area contributed by atoms with Crippen molar-refractivity contribution in [2.45, 2.75) is 53.9 Å². The van der Waals surface area contributed by atoms with Gasteiger partial charge < -0.3 is 20.4 Å². The molecule has 0 fully saturated rings. The van der Waals surface area contributed by atoms with E-state index in [9.17, 15) is 20.4 Å². The molecule has 44 heavy (non-hydrogen) atoms. The number of nitrogens with zero attached hydrogens (tertiary/aromatic N) is 4. The molecule has 4 N–H and O–H groups in total. The summed E-state index contributed by atoms with van der Waals surface area (Å²) in [5.74, 6) is 0.324. The van der Waals surface area contributed by atoms with E-state index in [0.717, 1.165) is 22.3 Å². The van der Waals surface area contributed by atoms with E-state index in [-0.39, 0.29) is 49.2 Å². The van der Waals surface area contributed by atoms with Gasteiger partial charge in [-0.05, 0) is 63.1 Å². The monoisotopic (exact) mass is 588 g/mol. The molecule has 0 aliphatic carbocycles. The fourth-order valence-electron chi connectivity index (χ4n) is 5.38. The lowest BCUT2D eigenvalue weighted by Gasteiger charge is -2.10. The van der Waals surface area contributed by atoms with Gasteiger partial charge in [0.25, 0.3) is 0 Å². The van der Waals surface area contributed by atoms with Gasteiger partial charge in [0.15, 0.2) is 0 Å². The number of phenolic OH excluding ortho intramolecular Hbond substituents is 4. The number of hydrogen-bond acceptors (Lipinski definition) is 8. The second-order valence-electron chi connectivity index (χ2n) is 11.3. The number of phenols is 4. The first-order valence-electron chi connectivity index (χ1n) is 14.4. The Morgan fingerprint density at radius 3 is 0.841 bits per heavy atom. The normalized spacial score (nSPS) is 13.5. The summed E-state index contributed by atoms with van der Waals surface area (Å²) >= 11 is 0. The molecule has 0 saturated heterocycles. The Balaban J connectivity index is 1.58. The van der Waals surface area contributed by atoms with Crippen molar-refractivity contribution >= 4 is 24.9 Å². The van der Waals surface area contributed by atoms with Crippen molar-refractivity contribution in [3.8, 4) is 23.0 Å². The van der Waals surface area contributed by atoms with Gasteiger partial charge in [0.1, 0.15) is 23.0 Å². The van der Waals surface area contributed by atoms with Crippen LogP contribution < -0.4 is 0 Å². The number of rotatable bonds is 0. The molecule has 8 bridgehead atoms. The summed E-state index contributed by atoms with van der Waals surface area (Å²) in [6.45, 7) is 8.57. The minimum absolute atomic E-state index is 0.0474. The number of benzene rings is 4. The predicted octanol–water partition coefficient (Wildman–Crippen LogP) is 6.53. The van der Waals surface area contributed by atoms with Gasteiger partial charge in [-0.25, -0.2) is 0 Å². The molecule has 1 aliphatic heterocycles. The molecule has 0 atom stereocenters. The molecule has 5 rings (SSSR count). The van der Waals surface area contributed by atoms with E-state index in [4.69, 9.17) is 0 Å².